The number of carboxylic acid groups (broad SMARTS) is 1. The molecule has 1 amide bonds. The molecule has 0 atom stereocenters. The van der Waals surface area contributed by atoms with Crippen LogP contribution in [0.1, 0.15) is 20.8 Å². The first-order valence-corrected chi connectivity index (χ1v) is 5.06. The predicted octanol–water partition coefficient (Wildman–Crippen LogP) is -3.80. The van der Waals surface area contributed by atoms with E-state index in [1.165, 1.54) is 4.90 Å². The predicted molar refractivity (Wildman–Crippen MR) is 56.7 cm³/mol. The van der Waals surface area contributed by atoms with E-state index in [0.717, 1.165) is 0 Å². The van der Waals surface area contributed by atoms with E-state index in [-0.39, 0.29) is 25.4 Å². The van der Waals surface area contributed by atoms with Gasteiger partial charge in [0, 0.05) is 19.6 Å². The van der Waals surface area contributed by atoms with E-state index in [1.54, 1.807) is 27.8 Å². The number of likely N-dealkylation sites (N-methyl/N-ethyl adjacent to an activating group) is 1. The summed E-state index contributed by atoms with van der Waals surface area (Å²) in [5.74, 6) is -1.14. The summed E-state index contributed by atoms with van der Waals surface area (Å²) < 4.78 is 5.00. The quantitative estimate of drug-likeness (QED) is 0.497. The summed E-state index contributed by atoms with van der Waals surface area (Å²) in [7, 11) is 1.63. The van der Waals surface area contributed by atoms with Crippen molar-refractivity contribution in [3.63, 3.8) is 0 Å². The molecule has 0 spiro atoms. The fourth-order valence-corrected chi connectivity index (χ4v) is 0.962. The van der Waals surface area contributed by atoms with Gasteiger partial charge in [0.05, 0.1) is 5.97 Å². The van der Waals surface area contributed by atoms with Crippen molar-refractivity contribution in [2.75, 3.05) is 26.7 Å². The van der Waals surface area contributed by atoms with Crippen LogP contribution in [0.15, 0.2) is 0 Å². The van der Waals surface area contributed by atoms with Crippen LogP contribution < -0.4 is 29.3 Å². The molecule has 1 N–H and O–H groups in total. The number of carbonyl (C=O) groups is 2. The number of amides is 1. The molecule has 0 aromatic rings. The third kappa shape index (κ3) is 13.2. The zero-order valence-electron chi connectivity index (χ0n) is 11.2. The number of hydrogen-bond donors (Lipinski definition) is 1. The monoisotopic (exact) mass is 238 g/mol. The van der Waals surface area contributed by atoms with Gasteiger partial charge in [0.1, 0.15) is 5.60 Å². The average molecular weight is 238 g/mol. The summed E-state index contributed by atoms with van der Waals surface area (Å²) in [5, 5.41) is 12.8. The number of nitrogens with one attached hydrogen (secondary N) is 1. The first-order valence-electron chi connectivity index (χ1n) is 5.06. The van der Waals surface area contributed by atoms with Gasteiger partial charge in [-0.3, -0.25) is 4.90 Å². The van der Waals surface area contributed by atoms with Crippen molar-refractivity contribution in [1.82, 2.24) is 10.2 Å². The van der Waals surface area contributed by atoms with Gasteiger partial charge < -0.3 is 20.0 Å². The third-order valence-corrected chi connectivity index (χ3v) is 1.56. The SMILES string of the molecule is CN(CCNC(=O)OC(C)(C)C)CC(=O)[O-].[Li+]. The Labute approximate surface area is 114 Å². The summed E-state index contributed by atoms with van der Waals surface area (Å²) >= 11 is 0. The van der Waals surface area contributed by atoms with Gasteiger partial charge in [0.15, 0.2) is 0 Å². The topological polar surface area (TPSA) is 81.7 Å². The second-order valence-corrected chi connectivity index (χ2v) is 4.54. The molecule has 0 aliphatic carbocycles. The Balaban J connectivity index is 0. The van der Waals surface area contributed by atoms with Crippen molar-refractivity contribution in [2.24, 2.45) is 0 Å². The summed E-state index contributed by atoms with van der Waals surface area (Å²) in [6, 6.07) is 0. The first kappa shape index (κ1) is 18.7. The maximum Gasteiger partial charge on any atom is 1.00 e. The second-order valence-electron chi connectivity index (χ2n) is 4.54. The van der Waals surface area contributed by atoms with E-state index in [9.17, 15) is 14.7 Å². The maximum atomic E-state index is 11.2. The van der Waals surface area contributed by atoms with Crippen LogP contribution in [0.2, 0.25) is 0 Å². The van der Waals surface area contributed by atoms with Crippen LogP contribution in [0.4, 0.5) is 4.79 Å². The number of carbonyl (C=O) groups excluding carboxylic acids is 2. The Bertz CT molecular complexity index is 253. The Morgan fingerprint density at radius 3 is 2.29 bits per heavy atom. The smallest absolute Gasteiger partial charge is 0.549 e. The van der Waals surface area contributed by atoms with Gasteiger partial charge in [-0.15, -0.1) is 0 Å². The molecule has 0 heterocycles. The third-order valence-electron chi connectivity index (χ3n) is 1.56. The standard InChI is InChI=1S/C10H20N2O4.Li/c1-10(2,3)16-9(15)11-5-6-12(4)7-8(13)14;/h5-7H2,1-4H3,(H,11,15)(H,13,14);/q;+1/p-1. The fourth-order valence-electron chi connectivity index (χ4n) is 0.962. The van der Waals surface area contributed by atoms with Crippen molar-refractivity contribution in [3.8, 4) is 0 Å². The number of nitrogens with zero attached hydrogens (tertiary/aromatic N) is 1. The summed E-state index contributed by atoms with van der Waals surface area (Å²) in [5.41, 5.74) is -0.527. The molecule has 7 heteroatoms. The van der Waals surface area contributed by atoms with Crippen molar-refractivity contribution in [2.45, 2.75) is 26.4 Å². The number of ether oxygens (including phenoxy) is 1. The van der Waals surface area contributed by atoms with E-state index in [1.807, 2.05) is 0 Å². The Kier molecular flexibility index (Phi) is 9.22. The van der Waals surface area contributed by atoms with Crippen molar-refractivity contribution < 1.29 is 38.3 Å². The second kappa shape index (κ2) is 8.40. The molecule has 94 valence electrons. The number of carboxylic acids is 1. The molecule has 0 unspecified atom stereocenters. The van der Waals surface area contributed by atoms with Crippen molar-refractivity contribution in [1.29, 1.82) is 0 Å². The van der Waals surface area contributed by atoms with Crippen LogP contribution in [0.3, 0.4) is 0 Å². The summed E-state index contributed by atoms with van der Waals surface area (Å²) in [6.07, 6.45) is -0.505. The van der Waals surface area contributed by atoms with Crippen LogP contribution in [-0.2, 0) is 9.53 Å². The van der Waals surface area contributed by atoms with Gasteiger partial charge in [-0.2, -0.15) is 0 Å². The first-order chi connectivity index (χ1) is 7.20. The van der Waals surface area contributed by atoms with Crippen LogP contribution >= 0.6 is 0 Å². The van der Waals surface area contributed by atoms with Crippen LogP contribution in [0.25, 0.3) is 0 Å². The summed E-state index contributed by atoms with van der Waals surface area (Å²) in [6.45, 7) is 5.92. The summed E-state index contributed by atoms with van der Waals surface area (Å²) in [4.78, 5) is 22.9. The number of aliphatic carboxylic acids is 1. The van der Waals surface area contributed by atoms with Crippen LogP contribution in [-0.4, -0.2) is 49.2 Å². The number of rotatable bonds is 5. The van der Waals surface area contributed by atoms with E-state index in [2.05, 4.69) is 5.32 Å². The molecule has 0 bridgehead atoms. The van der Waals surface area contributed by atoms with Crippen molar-refractivity contribution in [3.05, 3.63) is 0 Å². The normalized spacial score (nSPS) is 10.6. The minimum atomic E-state index is -1.14. The van der Waals surface area contributed by atoms with E-state index in [0.29, 0.717) is 13.1 Å². The van der Waals surface area contributed by atoms with Crippen LogP contribution in [0.5, 0.6) is 0 Å². The van der Waals surface area contributed by atoms with Crippen LogP contribution in [0, 0.1) is 0 Å². The zero-order valence-corrected chi connectivity index (χ0v) is 11.2. The Morgan fingerprint density at radius 2 is 1.88 bits per heavy atom. The fraction of sp³-hybridized carbons (Fsp3) is 0.800. The Morgan fingerprint density at radius 1 is 1.35 bits per heavy atom. The number of hydrogen-bond acceptors (Lipinski definition) is 5. The van der Waals surface area contributed by atoms with Gasteiger partial charge in [0.2, 0.25) is 0 Å². The largest absolute Gasteiger partial charge is 1.00 e. The van der Waals surface area contributed by atoms with Gasteiger partial charge in [-0.05, 0) is 27.8 Å². The minimum Gasteiger partial charge on any atom is -0.549 e. The molecule has 0 fully saturated rings. The average Bonchev–Trinajstić information content (AvgIpc) is 1.98. The van der Waals surface area contributed by atoms with E-state index < -0.39 is 17.7 Å². The molecular weight excluding hydrogens is 219 g/mol. The molecule has 0 aromatic heterocycles. The molecule has 0 saturated heterocycles. The van der Waals surface area contributed by atoms with Gasteiger partial charge in [-0.1, -0.05) is 0 Å². The number of alkyl carbamates (subject to hydrolysis) is 1. The molecular formula is C10H19LiN2O4. The van der Waals surface area contributed by atoms with Gasteiger partial charge >= 0.3 is 25.0 Å². The molecule has 0 aromatic carbocycles. The zero-order chi connectivity index (χ0) is 12.8. The van der Waals surface area contributed by atoms with Crippen molar-refractivity contribution >= 4 is 12.1 Å². The van der Waals surface area contributed by atoms with Gasteiger partial charge in [-0.25, -0.2) is 4.79 Å². The van der Waals surface area contributed by atoms with Gasteiger partial charge in [0.25, 0.3) is 0 Å². The van der Waals surface area contributed by atoms with E-state index in [4.69, 9.17) is 4.74 Å². The maximum absolute atomic E-state index is 11.2. The molecule has 0 aliphatic rings. The molecule has 0 radical (unpaired) electrons. The Hall–Kier alpha value is -0.703. The van der Waals surface area contributed by atoms with E-state index >= 15 is 0 Å². The molecule has 0 aliphatic heterocycles. The minimum absolute atomic E-state index is 0. The molecule has 17 heavy (non-hydrogen) atoms. The molecule has 0 rings (SSSR count). The molecule has 6 nitrogen and oxygen atoms in total. The molecule has 0 saturated carbocycles.